The van der Waals surface area contributed by atoms with E-state index in [1.165, 1.54) is 24.3 Å². The Morgan fingerprint density at radius 3 is 2.55 bits per heavy atom. The summed E-state index contributed by atoms with van der Waals surface area (Å²) in [4.78, 5) is 16.1. The van der Waals surface area contributed by atoms with E-state index in [1.807, 2.05) is 0 Å². The number of amides is 1. The number of anilines is 2. The molecule has 0 aliphatic carbocycles. The van der Waals surface area contributed by atoms with Gasteiger partial charge in [0.1, 0.15) is 11.6 Å². The molecule has 0 fully saturated rings. The normalized spacial score (nSPS) is 10.1. The summed E-state index contributed by atoms with van der Waals surface area (Å²) in [5.41, 5.74) is 1.00. The van der Waals surface area contributed by atoms with Gasteiger partial charge in [-0.15, -0.1) is 0 Å². The second-order valence-electron chi connectivity index (χ2n) is 4.32. The number of nitrogens with zero attached hydrogens (tertiary/aromatic N) is 1. The minimum absolute atomic E-state index is 0.291. The number of hydrogen-bond acceptors (Lipinski definition) is 3. The molecule has 0 saturated carbocycles. The molecule has 1 aromatic carbocycles. The van der Waals surface area contributed by atoms with E-state index in [-0.39, 0.29) is 11.7 Å². The van der Waals surface area contributed by atoms with Gasteiger partial charge in [0.05, 0.1) is 11.9 Å². The first-order chi connectivity index (χ1) is 9.69. The number of benzene rings is 1. The first-order valence-electron chi connectivity index (χ1n) is 6.46. The highest BCUT2D eigenvalue weighted by molar-refractivity contribution is 6.04. The fourth-order valence-corrected chi connectivity index (χ4v) is 1.63. The molecule has 2 aromatic rings. The molecule has 0 saturated heterocycles. The highest BCUT2D eigenvalue weighted by Gasteiger charge is 2.06. The van der Waals surface area contributed by atoms with E-state index >= 15 is 0 Å². The van der Waals surface area contributed by atoms with Crippen LogP contribution in [0.5, 0.6) is 0 Å². The highest BCUT2D eigenvalue weighted by atomic mass is 19.1. The van der Waals surface area contributed by atoms with Crippen molar-refractivity contribution < 1.29 is 9.18 Å². The maximum absolute atomic E-state index is 12.8. The Kier molecular flexibility index (Phi) is 4.65. The van der Waals surface area contributed by atoms with Crippen molar-refractivity contribution in [3.63, 3.8) is 0 Å². The number of halogens is 1. The summed E-state index contributed by atoms with van der Waals surface area (Å²) < 4.78 is 12.8. The van der Waals surface area contributed by atoms with Crippen LogP contribution in [0.15, 0.2) is 42.6 Å². The second kappa shape index (κ2) is 6.65. The van der Waals surface area contributed by atoms with Crippen LogP contribution < -0.4 is 10.6 Å². The molecule has 4 nitrogen and oxygen atoms in total. The molecule has 104 valence electrons. The van der Waals surface area contributed by atoms with Gasteiger partial charge in [-0.3, -0.25) is 4.79 Å². The lowest BCUT2D eigenvalue weighted by Crippen LogP contribution is -2.12. The largest absolute Gasteiger partial charge is 0.370 e. The van der Waals surface area contributed by atoms with E-state index in [4.69, 9.17) is 0 Å². The smallest absolute Gasteiger partial charge is 0.255 e. The Labute approximate surface area is 117 Å². The van der Waals surface area contributed by atoms with Gasteiger partial charge in [-0.2, -0.15) is 0 Å². The molecule has 0 unspecified atom stereocenters. The van der Waals surface area contributed by atoms with Crippen LogP contribution in [-0.4, -0.2) is 17.4 Å². The monoisotopic (exact) mass is 273 g/mol. The number of pyridine rings is 1. The minimum atomic E-state index is -0.366. The van der Waals surface area contributed by atoms with E-state index in [2.05, 4.69) is 22.5 Å². The summed E-state index contributed by atoms with van der Waals surface area (Å²) in [6.45, 7) is 2.93. The Morgan fingerprint density at radius 1 is 1.20 bits per heavy atom. The van der Waals surface area contributed by atoms with Crippen LogP contribution in [0.3, 0.4) is 0 Å². The molecule has 0 bridgehead atoms. The molecular formula is C15H16FN3O. The molecule has 0 spiro atoms. The third kappa shape index (κ3) is 3.78. The lowest BCUT2D eigenvalue weighted by atomic mass is 10.2. The van der Waals surface area contributed by atoms with E-state index in [1.54, 1.807) is 18.3 Å². The predicted octanol–water partition coefficient (Wildman–Crippen LogP) is 3.29. The Morgan fingerprint density at radius 2 is 1.95 bits per heavy atom. The SMILES string of the molecule is CCCNc1ccc(NC(=O)c2ccc(F)cc2)cn1. The maximum atomic E-state index is 12.8. The van der Waals surface area contributed by atoms with Crippen molar-refractivity contribution in [2.45, 2.75) is 13.3 Å². The number of carbonyl (C=O) groups is 1. The van der Waals surface area contributed by atoms with Gasteiger partial charge in [0.25, 0.3) is 5.91 Å². The van der Waals surface area contributed by atoms with Gasteiger partial charge in [-0.25, -0.2) is 9.37 Å². The molecule has 0 aliphatic heterocycles. The number of aromatic nitrogens is 1. The van der Waals surface area contributed by atoms with Crippen molar-refractivity contribution in [1.29, 1.82) is 0 Å². The standard InChI is InChI=1S/C15H16FN3O/c1-2-9-17-14-8-7-13(10-18-14)19-15(20)11-3-5-12(16)6-4-11/h3-8,10H,2,9H2,1H3,(H,17,18)(H,19,20). The van der Waals surface area contributed by atoms with E-state index in [9.17, 15) is 9.18 Å². The molecule has 2 rings (SSSR count). The van der Waals surface area contributed by atoms with Crippen LogP contribution in [0.25, 0.3) is 0 Å². The number of rotatable bonds is 5. The van der Waals surface area contributed by atoms with Crippen LogP contribution in [0.2, 0.25) is 0 Å². The zero-order valence-electron chi connectivity index (χ0n) is 11.2. The van der Waals surface area contributed by atoms with Crippen molar-refractivity contribution in [2.75, 3.05) is 17.2 Å². The number of nitrogens with one attached hydrogen (secondary N) is 2. The van der Waals surface area contributed by atoms with Gasteiger partial charge in [0.2, 0.25) is 0 Å². The van der Waals surface area contributed by atoms with Crippen molar-refractivity contribution in [3.05, 3.63) is 54.0 Å². The third-order valence-corrected chi connectivity index (χ3v) is 2.68. The van der Waals surface area contributed by atoms with Gasteiger partial charge >= 0.3 is 0 Å². The molecule has 5 heteroatoms. The lowest BCUT2D eigenvalue weighted by molar-refractivity contribution is 0.102. The van der Waals surface area contributed by atoms with Crippen molar-refractivity contribution in [1.82, 2.24) is 4.98 Å². The second-order valence-corrected chi connectivity index (χ2v) is 4.32. The quantitative estimate of drug-likeness (QED) is 0.879. The summed E-state index contributed by atoms with van der Waals surface area (Å²) in [5.74, 6) is 0.113. The van der Waals surface area contributed by atoms with E-state index in [0.717, 1.165) is 18.8 Å². The summed E-state index contributed by atoms with van der Waals surface area (Å²) in [6, 6.07) is 8.96. The van der Waals surface area contributed by atoms with Crippen LogP contribution in [0.4, 0.5) is 15.9 Å². The van der Waals surface area contributed by atoms with Gasteiger partial charge in [0.15, 0.2) is 0 Å². The lowest BCUT2D eigenvalue weighted by Gasteiger charge is -2.07. The average molecular weight is 273 g/mol. The van der Waals surface area contributed by atoms with Gasteiger partial charge in [-0.05, 0) is 42.8 Å². The van der Waals surface area contributed by atoms with Crippen LogP contribution in [0.1, 0.15) is 23.7 Å². The van der Waals surface area contributed by atoms with Crippen molar-refractivity contribution in [3.8, 4) is 0 Å². The van der Waals surface area contributed by atoms with Crippen molar-refractivity contribution in [2.24, 2.45) is 0 Å². The Hall–Kier alpha value is -2.43. The summed E-state index contributed by atoms with van der Waals surface area (Å²) in [7, 11) is 0. The molecule has 0 atom stereocenters. The van der Waals surface area contributed by atoms with Crippen LogP contribution >= 0.6 is 0 Å². The molecular weight excluding hydrogens is 257 g/mol. The Bertz CT molecular complexity index is 567. The zero-order chi connectivity index (χ0) is 14.4. The van der Waals surface area contributed by atoms with E-state index in [0.29, 0.717) is 11.3 Å². The number of hydrogen-bond donors (Lipinski definition) is 2. The summed E-state index contributed by atoms with van der Waals surface area (Å²) in [6.07, 6.45) is 2.60. The zero-order valence-corrected chi connectivity index (χ0v) is 11.2. The molecule has 2 N–H and O–H groups in total. The summed E-state index contributed by atoms with van der Waals surface area (Å²) >= 11 is 0. The first-order valence-corrected chi connectivity index (χ1v) is 6.46. The molecule has 1 amide bonds. The average Bonchev–Trinajstić information content (AvgIpc) is 2.47. The van der Waals surface area contributed by atoms with Crippen molar-refractivity contribution >= 4 is 17.4 Å². The Balaban J connectivity index is 1.99. The minimum Gasteiger partial charge on any atom is -0.370 e. The van der Waals surface area contributed by atoms with Gasteiger partial charge in [-0.1, -0.05) is 6.92 Å². The molecule has 0 radical (unpaired) electrons. The maximum Gasteiger partial charge on any atom is 0.255 e. The summed E-state index contributed by atoms with van der Waals surface area (Å²) in [5, 5.41) is 5.86. The first kappa shape index (κ1) is 14.0. The van der Waals surface area contributed by atoms with E-state index < -0.39 is 0 Å². The van der Waals surface area contributed by atoms with Gasteiger partial charge < -0.3 is 10.6 Å². The van der Waals surface area contributed by atoms with Crippen LogP contribution in [-0.2, 0) is 0 Å². The molecule has 0 aliphatic rings. The topological polar surface area (TPSA) is 54.0 Å². The molecule has 1 aromatic heterocycles. The molecule has 20 heavy (non-hydrogen) atoms. The molecule has 1 heterocycles. The van der Waals surface area contributed by atoms with Crippen LogP contribution in [0, 0.1) is 5.82 Å². The predicted molar refractivity (Wildman–Crippen MR) is 77.4 cm³/mol. The third-order valence-electron chi connectivity index (χ3n) is 2.68. The number of carbonyl (C=O) groups excluding carboxylic acids is 1. The highest BCUT2D eigenvalue weighted by Crippen LogP contribution is 2.12. The fraction of sp³-hybridized carbons (Fsp3) is 0.200. The fourth-order valence-electron chi connectivity index (χ4n) is 1.63. The van der Waals surface area contributed by atoms with Gasteiger partial charge in [0, 0.05) is 12.1 Å².